The first kappa shape index (κ1) is 45.5. The quantitative estimate of drug-likeness (QED) is 0.135. The molecule has 2 aliphatic rings. The summed E-state index contributed by atoms with van der Waals surface area (Å²) in [5, 5.41) is 35.0. The molecule has 14 rings (SSSR count). The van der Waals surface area contributed by atoms with Gasteiger partial charge in [-0.1, -0.05) is 103 Å². The highest BCUT2D eigenvalue weighted by atomic mass is 19.4. The van der Waals surface area contributed by atoms with E-state index in [9.17, 15) is 28.5 Å². The molecule has 2 aromatic heterocycles. The first-order valence-corrected chi connectivity index (χ1v) is 24.9. The molecule has 0 fully saturated rings. The van der Waals surface area contributed by atoms with Crippen LogP contribution in [0.3, 0.4) is 0 Å². The highest BCUT2D eigenvalue weighted by Gasteiger charge is 2.44. The molecule has 0 aliphatic carbocycles. The molecule has 0 radical (unpaired) electrons. The number of rotatable bonds is 7. The van der Waals surface area contributed by atoms with Crippen molar-refractivity contribution in [2.45, 2.75) is 6.18 Å². The predicted octanol–water partition coefficient (Wildman–Crippen LogP) is 13.9. The number of benzene rings is 10. The SMILES string of the molecule is Oc1ccc2c(c1)B1c3cc(O)ccc3N(c3ccccc3)c3cc(-c4ccc5c(c4)c4ccc(O)cc4n5-c4ccc(C(F)(F)F)cc4-c4nc(-c5ccccc5)nc(-c5ccccc5)n4)cc(c31)N2c1ccccc1. The van der Waals surface area contributed by atoms with E-state index < -0.39 is 11.7 Å². The van der Waals surface area contributed by atoms with E-state index in [1.54, 1.807) is 24.3 Å². The summed E-state index contributed by atoms with van der Waals surface area (Å²) in [6, 6.07) is 68.7. The van der Waals surface area contributed by atoms with Crippen molar-refractivity contribution in [1.29, 1.82) is 0 Å². The maximum Gasteiger partial charge on any atom is 0.416 e. The van der Waals surface area contributed by atoms with E-state index >= 15 is 0 Å². The van der Waals surface area contributed by atoms with Crippen LogP contribution in [0, 0.1) is 0 Å². The Balaban J connectivity index is 1.02. The molecule has 0 spiro atoms. The summed E-state index contributed by atoms with van der Waals surface area (Å²) in [5.41, 5.74) is 11.9. The lowest BCUT2D eigenvalue weighted by Crippen LogP contribution is -2.61. The van der Waals surface area contributed by atoms with E-state index in [-0.39, 0.29) is 47.0 Å². The normalized spacial score (nSPS) is 12.7. The minimum atomic E-state index is -4.70. The molecule has 9 nitrogen and oxygen atoms in total. The Morgan fingerprint density at radius 2 is 0.870 bits per heavy atom. The molecule has 2 aliphatic heterocycles. The highest BCUT2D eigenvalue weighted by molar-refractivity contribution is 7.00. The van der Waals surface area contributed by atoms with E-state index in [4.69, 9.17) is 15.0 Å². The fraction of sp³-hybridized carbons (Fsp3) is 0.0156. The maximum absolute atomic E-state index is 14.9. The number of para-hydroxylation sites is 2. The lowest BCUT2D eigenvalue weighted by Gasteiger charge is -2.44. The molecule has 0 atom stereocenters. The van der Waals surface area contributed by atoms with Gasteiger partial charge in [-0.15, -0.1) is 0 Å². The second-order valence-corrected chi connectivity index (χ2v) is 19.2. The van der Waals surface area contributed by atoms with Gasteiger partial charge in [-0.2, -0.15) is 13.2 Å². The van der Waals surface area contributed by atoms with Crippen LogP contribution in [0.15, 0.2) is 224 Å². The molecule has 368 valence electrons. The van der Waals surface area contributed by atoms with Crippen LogP contribution in [0.2, 0.25) is 0 Å². The monoisotopic (exact) mass is 1010 g/mol. The van der Waals surface area contributed by atoms with Gasteiger partial charge in [0.2, 0.25) is 0 Å². The van der Waals surface area contributed by atoms with Crippen LogP contribution in [0.5, 0.6) is 17.2 Å². The van der Waals surface area contributed by atoms with Crippen molar-refractivity contribution in [3.63, 3.8) is 0 Å². The van der Waals surface area contributed by atoms with Crippen molar-refractivity contribution in [1.82, 2.24) is 19.5 Å². The second kappa shape index (κ2) is 17.5. The van der Waals surface area contributed by atoms with Crippen molar-refractivity contribution in [2.24, 2.45) is 0 Å². The van der Waals surface area contributed by atoms with Gasteiger partial charge in [0.15, 0.2) is 17.5 Å². The first-order chi connectivity index (χ1) is 37.5. The molecule has 13 heteroatoms. The van der Waals surface area contributed by atoms with Gasteiger partial charge in [0.1, 0.15) is 17.2 Å². The van der Waals surface area contributed by atoms with Gasteiger partial charge >= 0.3 is 6.18 Å². The zero-order valence-corrected chi connectivity index (χ0v) is 40.6. The van der Waals surface area contributed by atoms with Crippen molar-refractivity contribution < 1.29 is 28.5 Å². The van der Waals surface area contributed by atoms with E-state index in [1.807, 2.05) is 144 Å². The number of phenolic OH excluding ortho intramolecular Hbond substituents is 3. The van der Waals surface area contributed by atoms with Gasteiger partial charge in [0.05, 0.1) is 22.3 Å². The van der Waals surface area contributed by atoms with Crippen LogP contribution >= 0.6 is 0 Å². The van der Waals surface area contributed by atoms with Crippen molar-refractivity contribution in [3.8, 4) is 68.2 Å². The average Bonchev–Trinajstić information content (AvgIpc) is 3.97. The van der Waals surface area contributed by atoms with Gasteiger partial charge in [-0.3, -0.25) is 0 Å². The molecule has 3 N–H and O–H groups in total. The molecule has 0 bridgehead atoms. The summed E-state index contributed by atoms with van der Waals surface area (Å²) in [4.78, 5) is 19.0. The molecule has 0 amide bonds. The van der Waals surface area contributed by atoms with Crippen molar-refractivity contribution in [3.05, 3.63) is 230 Å². The Morgan fingerprint density at radius 1 is 0.377 bits per heavy atom. The van der Waals surface area contributed by atoms with Gasteiger partial charge in [-0.05, 0) is 143 Å². The number of alkyl halides is 3. The smallest absolute Gasteiger partial charge is 0.416 e. The zero-order chi connectivity index (χ0) is 52.1. The van der Waals surface area contributed by atoms with Crippen LogP contribution in [-0.2, 0) is 6.18 Å². The summed E-state index contributed by atoms with van der Waals surface area (Å²) >= 11 is 0. The van der Waals surface area contributed by atoms with E-state index in [1.165, 1.54) is 6.07 Å². The summed E-state index contributed by atoms with van der Waals surface area (Å²) in [6.45, 7) is -0.388. The van der Waals surface area contributed by atoms with Crippen LogP contribution < -0.4 is 26.2 Å². The average molecular weight is 1010 g/mol. The Bertz CT molecular complexity index is 4160. The van der Waals surface area contributed by atoms with E-state index in [2.05, 4.69) is 52.3 Å². The lowest BCUT2D eigenvalue weighted by molar-refractivity contribution is -0.137. The number of halogens is 3. The molecule has 10 aromatic carbocycles. The van der Waals surface area contributed by atoms with Gasteiger partial charge in [-0.25, -0.2) is 15.0 Å². The molecule has 0 saturated heterocycles. The summed E-state index contributed by atoms with van der Waals surface area (Å²) < 4.78 is 46.6. The number of aromatic nitrogens is 4. The summed E-state index contributed by atoms with van der Waals surface area (Å²) in [6.07, 6.45) is -4.70. The Morgan fingerprint density at radius 3 is 1.42 bits per heavy atom. The molecule has 4 heterocycles. The van der Waals surface area contributed by atoms with Gasteiger partial charge < -0.3 is 29.7 Å². The third-order valence-corrected chi connectivity index (χ3v) is 14.6. The van der Waals surface area contributed by atoms with Crippen LogP contribution in [0.4, 0.5) is 47.3 Å². The third kappa shape index (κ3) is 7.53. The number of anilines is 6. The van der Waals surface area contributed by atoms with Crippen molar-refractivity contribution in [2.75, 3.05) is 9.80 Å². The van der Waals surface area contributed by atoms with Gasteiger partial charge in [0.25, 0.3) is 6.71 Å². The minimum Gasteiger partial charge on any atom is -0.508 e. The summed E-state index contributed by atoms with van der Waals surface area (Å²) in [7, 11) is 0. The van der Waals surface area contributed by atoms with E-state index in [0.29, 0.717) is 27.8 Å². The maximum atomic E-state index is 14.9. The third-order valence-electron chi connectivity index (χ3n) is 14.6. The minimum absolute atomic E-state index is 0.0272. The zero-order valence-electron chi connectivity index (χ0n) is 40.6. The number of hydrogen-bond donors (Lipinski definition) is 3. The number of phenols is 3. The second-order valence-electron chi connectivity index (χ2n) is 19.2. The van der Waals surface area contributed by atoms with Crippen LogP contribution in [-0.4, -0.2) is 41.6 Å². The molecule has 12 aromatic rings. The molecular weight excluding hydrogens is 969 g/mol. The molecule has 77 heavy (non-hydrogen) atoms. The molecule has 0 saturated carbocycles. The highest BCUT2D eigenvalue weighted by Crippen LogP contribution is 2.48. The topological polar surface area (TPSA) is 111 Å². The largest absolute Gasteiger partial charge is 0.508 e. The van der Waals surface area contributed by atoms with Gasteiger partial charge in [0, 0.05) is 67.7 Å². The summed E-state index contributed by atoms with van der Waals surface area (Å²) in [5.74, 6) is 0.830. The molecule has 0 unspecified atom stereocenters. The number of fused-ring (bicyclic) bond motifs is 7. The standard InChI is InChI=1S/C64H40BF3N6O3/c66-64(67,68)42-22-28-54(50(34-42)63-70-61(38-13-5-1-6-14-38)69-62(71-63)39-15-7-2-8-16-39)74-53-27-21-40(31-49(53)48-26-23-47(77)37-57(48)74)41-32-58-60-59(33-41)73(44-19-11-4-12-20-44)56-30-25-46(76)36-52(56)65(60)51-35-45(75)24-29-55(51)72(58)43-17-9-3-10-18-43/h1-37,75-77H. The Labute approximate surface area is 439 Å². The van der Waals surface area contributed by atoms with Crippen LogP contribution in [0.25, 0.3) is 72.8 Å². The number of hydrogen-bond acceptors (Lipinski definition) is 8. The lowest BCUT2D eigenvalue weighted by atomic mass is 9.33. The van der Waals surface area contributed by atoms with E-state index in [0.717, 1.165) is 84.5 Å². The Kier molecular flexibility index (Phi) is 10.3. The number of nitrogens with zero attached hydrogens (tertiary/aromatic N) is 6. The fourth-order valence-electron chi connectivity index (χ4n) is 11.3. The predicted molar refractivity (Wildman–Crippen MR) is 300 cm³/mol. The number of aromatic hydroxyl groups is 3. The van der Waals surface area contributed by atoms with Crippen LogP contribution in [0.1, 0.15) is 5.56 Å². The molecular formula is C64H40BF3N6O3. The Hall–Kier alpha value is -10.1. The fourth-order valence-corrected chi connectivity index (χ4v) is 11.3. The first-order valence-electron chi connectivity index (χ1n) is 24.9. The van der Waals surface area contributed by atoms with Crippen molar-refractivity contribution >= 4 is 79.0 Å².